The number of amides is 1. The number of ether oxygens (including phenoxy) is 2. The number of hydrogen-bond donors (Lipinski definition) is 0. The Morgan fingerprint density at radius 3 is 2.53 bits per heavy atom. The molecule has 7 nitrogen and oxygen atoms in total. The minimum atomic E-state index is -0.420. The Kier molecular flexibility index (Phi) is 9.73. The molecule has 0 bridgehead atoms. The van der Waals surface area contributed by atoms with E-state index in [-0.39, 0.29) is 11.9 Å². The van der Waals surface area contributed by atoms with Crippen molar-refractivity contribution in [3.8, 4) is 17.2 Å². The number of carbonyl (C=O) groups excluding carboxylic acids is 2. The molecule has 2 aromatic heterocycles. The third-order valence-electron chi connectivity index (χ3n) is 5.73. The van der Waals surface area contributed by atoms with Crippen molar-refractivity contribution in [1.82, 2.24) is 9.88 Å². The van der Waals surface area contributed by atoms with Gasteiger partial charge in [0.1, 0.15) is 19.3 Å². The standard InChI is InChI=1S/C28H35BN2O5/c1-4-34-26(32)14-6-5-9-17-35-24-12-8-7-11-22(24)20-31(28(2,3)29)27(33)21-15-16-23(30-19-21)25-13-10-18-36-25/h7-8,10-13,15-16,18-19H,4-6,9,14,17,20,29H2,1-3H3. The minimum absolute atomic E-state index is 0.102. The Balaban J connectivity index is 1.63. The van der Waals surface area contributed by atoms with E-state index in [1.807, 2.05) is 63.8 Å². The predicted octanol–water partition coefficient (Wildman–Crippen LogP) is 4.86. The lowest BCUT2D eigenvalue weighted by molar-refractivity contribution is -0.143. The highest BCUT2D eigenvalue weighted by Crippen LogP contribution is 2.26. The Bertz CT molecular complexity index is 1110. The van der Waals surface area contributed by atoms with Crippen LogP contribution in [0, 0.1) is 0 Å². The van der Waals surface area contributed by atoms with E-state index in [0.717, 1.165) is 30.6 Å². The van der Waals surface area contributed by atoms with E-state index in [0.29, 0.717) is 43.2 Å². The fourth-order valence-electron chi connectivity index (χ4n) is 3.77. The van der Waals surface area contributed by atoms with Crippen LogP contribution in [-0.2, 0) is 16.1 Å². The van der Waals surface area contributed by atoms with E-state index < -0.39 is 5.44 Å². The number of benzene rings is 1. The maximum absolute atomic E-state index is 13.5. The first kappa shape index (κ1) is 27.0. The van der Waals surface area contributed by atoms with Gasteiger partial charge in [-0.2, -0.15) is 0 Å². The Morgan fingerprint density at radius 2 is 1.86 bits per heavy atom. The third kappa shape index (κ3) is 7.73. The Hall–Kier alpha value is -3.55. The molecule has 36 heavy (non-hydrogen) atoms. The van der Waals surface area contributed by atoms with Gasteiger partial charge in [-0.05, 0) is 70.4 Å². The van der Waals surface area contributed by atoms with Gasteiger partial charge in [0.05, 0.1) is 25.0 Å². The van der Waals surface area contributed by atoms with Crippen LogP contribution in [-0.4, -0.2) is 48.3 Å². The summed E-state index contributed by atoms with van der Waals surface area (Å²) >= 11 is 0. The van der Waals surface area contributed by atoms with Crippen LogP contribution in [0.5, 0.6) is 5.75 Å². The molecule has 0 aliphatic heterocycles. The van der Waals surface area contributed by atoms with Gasteiger partial charge in [-0.1, -0.05) is 18.2 Å². The second kappa shape index (κ2) is 13.0. The summed E-state index contributed by atoms with van der Waals surface area (Å²) in [7, 11) is 2.02. The van der Waals surface area contributed by atoms with Crippen molar-refractivity contribution in [3.63, 3.8) is 0 Å². The monoisotopic (exact) mass is 490 g/mol. The highest BCUT2D eigenvalue weighted by Gasteiger charge is 2.28. The number of pyridine rings is 1. The van der Waals surface area contributed by atoms with Crippen LogP contribution in [0.2, 0.25) is 0 Å². The van der Waals surface area contributed by atoms with Crippen LogP contribution in [0.25, 0.3) is 11.5 Å². The summed E-state index contributed by atoms with van der Waals surface area (Å²) in [5.74, 6) is 1.17. The van der Waals surface area contributed by atoms with Crippen molar-refractivity contribution in [2.45, 2.75) is 58.4 Å². The summed E-state index contributed by atoms with van der Waals surface area (Å²) in [5, 5.41) is 0. The summed E-state index contributed by atoms with van der Waals surface area (Å²) < 4.78 is 16.4. The first-order valence-electron chi connectivity index (χ1n) is 12.5. The normalized spacial score (nSPS) is 11.2. The predicted molar refractivity (Wildman–Crippen MR) is 141 cm³/mol. The van der Waals surface area contributed by atoms with Gasteiger partial charge in [-0.15, -0.1) is 0 Å². The number of para-hydroxylation sites is 1. The van der Waals surface area contributed by atoms with Crippen LogP contribution in [0.3, 0.4) is 0 Å². The first-order valence-corrected chi connectivity index (χ1v) is 12.5. The van der Waals surface area contributed by atoms with E-state index in [9.17, 15) is 9.59 Å². The molecule has 2 heterocycles. The Labute approximate surface area is 214 Å². The highest BCUT2D eigenvalue weighted by atomic mass is 16.5. The summed E-state index contributed by atoms with van der Waals surface area (Å²) in [6.45, 7) is 7.21. The largest absolute Gasteiger partial charge is 0.493 e. The molecule has 8 heteroatoms. The Morgan fingerprint density at radius 1 is 1.06 bits per heavy atom. The quantitative estimate of drug-likeness (QED) is 0.194. The van der Waals surface area contributed by atoms with Gasteiger partial charge in [0, 0.05) is 30.2 Å². The summed E-state index contributed by atoms with van der Waals surface area (Å²) in [6, 6.07) is 15.0. The van der Waals surface area contributed by atoms with E-state index in [1.54, 1.807) is 30.7 Å². The van der Waals surface area contributed by atoms with Crippen LogP contribution >= 0.6 is 0 Å². The maximum atomic E-state index is 13.5. The summed E-state index contributed by atoms with van der Waals surface area (Å²) in [6.07, 6.45) is 6.13. The third-order valence-corrected chi connectivity index (χ3v) is 5.73. The molecule has 3 rings (SSSR count). The van der Waals surface area contributed by atoms with Crippen molar-refractivity contribution in [2.24, 2.45) is 0 Å². The van der Waals surface area contributed by atoms with Gasteiger partial charge >= 0.3 is 5.97 Å². The average molecular weight is 490 g/mol. The van der Waals surface area contributed by atoms with Gasteiger partial charge in [0.2, 0.25) is 0 Å². The molecule has 0 N–H and O–H groups in total. The number of esters is 1. The van der Waals surface area contributed by atoms with Crippen molar-refractivity contribution in [2.75, 3.05) is 13.2 Å². The molecule has 0 spiro atoms. The second-order valence-corrected chi connectivity index (χ2v) is 9.54. The molecule has 1 aromatic carbocycles. The van der Waals surface area contributed by atoms with Crippen LogP contribution in [0.1, 0.15) is 62.4 Å². The van der Waals surface area contributed by atoms with Gasteiger partial charge < -0.3 is 18.8 Å². The smallest absolute Gasteiger partial charge is 0.305 e. The lowest BCUT2D eigenvalue weighted by Gasteiger charge is -2.36. The molecule has 3 aromatic rings. The van der Waals surface area contributed by atoms with Crippen molar-refractivity contribution < 1.29 is 23.5 Å². The van der Waals surface area contributed by atoms with Gasteiger partial charge in [-0.3, -0.25) is 14.6 Å². The average Bonchev–Trinajstić information content (AvgIpc) is 3.40. The molecule has 0 radical (unpaired) electrons. The molecule has 0 aliphatic rings. The molecule has 1 amide bonds. The molecule has 0 atom stereocenters. The van der Waals surface area contributed by atoms with E-state index in [4.69, 9.17) is 13.9 Å². The van der Waals surface area contributed by atoms with E-state index >= 15 is 0 Å². The number of hydrogen-bond acceptors (Lipinski definition) is 6. The van der Waals surface area contributed by atoms with Crippen molar-refractivity contribution in [1.29, 1.82) is 0 Å². The van der Waals surface area contributed by atoms with Gasteiger partial charge in [0.25, 0.3) is 5.91 Å². The molecular formula is C28H35BN2O5. The number of unbranched alkanes of at least 4 members (excludes halogenated alkanes) is 2. The number of carbonyl (C=O) groups is 2. The van der Waals surface area contributed by atoms with Crippen LogP contribution in [0.15, 0.2) is 65.4 Å². The highest BCUT2D eigenvalue weighted by molar-refractivity contribution is 6.16. The maximum Gasteiger partial charge on any atom is 0.305 e. The number of furan rings is 1. The zero-order valence-corrected chi connectivity index (χ0v) is 21.7. The minimum Gasteiger partial charge on any atom is -0.493 e. The molecule has 0 saturated heterocycles. The second-order valence-electron chi connectivity index (χ2n) is 9.54. The lowest BCUT2D eigenvalue weighted by atomic mass is 9.79. The fraction of sp³-hybridized carbons (Fsp3) is 0.393. The number of rotatable bonds is 13. The van der Waals surface area contributed by atoms with Crippen LogP contribution in [0.4, 0.5) is 0 Å². The zero-order chi connectivity index (χ0) is 26.0. The molecule has 0 saturated carbocycles. The number of aromatic nitrogens is 1. The molecule has 0 fully saturated rings. The molecule has 0 aliphatic carbocycles. The lowest BCUT2D eigenvalue weighted by Crippen LogP contribution is -2.47. The summed E-state index contributed by atoms with van der Waals surface area (Å²) in [4.78, 5) is 31.2. The van der Waals surface area contributed by atoms with Gasteiger partial charge in [-0.25, -0.2) is 0 Å². The number of nitrogens with zero attached hydrogens (tertiary/aromatic N) is 2. The molecule has 190 valence electrons. The van der Waals surface area contributed by atoms with Gasteiger partial charge in [0.15, 0.2) is 5.76 Å². The van der Waals surface area contributed by atoms with Crippen molar-refractivity contribution >= 4 is 19.7 Å². The first-order chi connectivity index (χ1) is 17.3. The fourth-order valence-corrected chi connectivity index (χ4v) is 3.77. The van der Waals surface area contributed by atoms with Crippen molar-refractivity contribution in [3.05, 3.63) is 72.1 Å². The zero-order valence-electron chi connectivity index (χ0n) is 21.7. The summed E-state index contributed by atoms with van der Waals surface area (Å²) in [5.41, 5.74) is 1.71. The van der Waals surface area contributed by atoms with E-state index in [1.165, 1.54) is 0 Å². The topological polar surface area (TPSA) is 81.9 Å². The van der Waals surface area contributed by atoms with Crippen LogP contribution < -0.4 is 4.74 Å². The molecule has 0 unspecified atom stereocenters. The van der Waals surface area contributed by atoms with E-state index in [2.05, 4.69) is 4.98 Å². The SMILES string of the molecule is BC(C)(C)N(Cc1ccccc1OCCCCCC(=O)OCC)C(=O)c1ccc(-c2ccco2)nc1. The molecular weight excluding hydrogens is 455 g/mol.